The van der Waals surface area contributed by atoms with Gasteiger partial charge in [0.2, 0.25) is 0 Å². The molecule has 2 aromatic carbocycles. The number of nitrogens with zero attached hydrogens (tertiary/aromatic N) is 8. The molecule has 5 aliphatic rings. The van der Waals surface area contributed by atoms with Gasteiger partial charge in [-0.1, -0.05) is 24.9 Å². The van der Waals surface area contributed by atoms with Crippen molar-refractivity contribution in [3.05, 3.63) is 129 Å². The minimum atomic E-state index is -3.22. The molecule has 4 N–H and O–H groups in total. The molecule has 14 rings (SSSR count). The number of nitriles is 2. The van der Waals surface area contributed by atoms with Crippen LogP contribution >= 0.6 is 109 Å². The molecule has 0 aliphatic heterocycles. The van der Waals surface area contributed by atoms with Crippen LogP contribution in [0.3, 0.4) is 0 Å². The van der Waals surface area contributed by atoms with Crippen molar-refractivity contribution in [1.82, 2.24) is 29.9 Å². The molecule has 0 amide bonds. The molecule has 0 radical (unpaired) electrons. The number of nitrogen functional groups attached to an aromatic ring is 1. The molecule has 7 heterocycles. The number of rotatable bonds is 7. The Balaban J connectivity index is 0.000000252. The fourth-order valence-electron chi connectivity index (χ4n) is 11.7. The highest BCUT2D eigenvalue weighted by Gasteiger charge is 2.25. The summed E-state index contributed by atoms with van der Waals surface area (Å²) in [5.41, 5.74) is 14.2. The number of nitrogens with two attached hydrogens (primary N) is 1. The first-order valence-corrected chi connectivity index (χ1v) is 41.2. The van der Waals surface area contributed by atoms with Crippen molar-refractivity contribution in [1.29, 1.82) is 10.5 Å². The van der Waals surface area contributed by atoms with Crippen LogP contribution < -0.4 is 31.0 Å². The highest BCUT2D eigenvalue weighted by atomic mass is 36.0. The van der Waals surface area contributed by atoms with Gasteiger partial charge in [0.15, 0.2) is 5.78 Å². The third kappa shape index (κ3) is 27.2. The van der Waals surface area contributed by atoms with Gasteiger partial charge in [-0.2, -0.15) is 33.6 Å². The Hall–Kier alpha value is -6.50. The third-order valence-corrected chi connectivity index (χ3v) is 21.2. The van der Waals surface area contributed by atoms with Crippen LogP contribution in [0.25, 0.3) is 30.6 Å². The Morgan fingerprint density at radius 1 is 0.644 bits per heavy atom. The number of aryl methyl sites for hydroxylation is 10. The number of anilines is 4. The number of methoxy groups -OCH3 is 2. The molecule has 5 aliphatic carbocycles. The molecule has 0 unspecified atom stereocenters. The van der Waals surface area contributed by atoms with Crippen molar-refractivity contribution < 1.29 is 33.2 Å². The molecule has 1 fully saturated rings. The van der Waals surface area contributed by atoms with Gasteiger partial charge in [0.25, 0.3) is 5.56 Å². The molecule has 1 saturated carbocycles. The van der Waals surface area contributed by atoms with Crippen LogP contribution in [0, 0.1) is 43.4 Å². The topological polar surface area (TPSA) is 290 Å². The minimum absolute atomic E-state index is 0. The molecule has 0 spiro atoms. The van der Waals surface area contributed by atoms with Crippen LogP contribution in [0.2, 0.25) is 5.15 Å². The van der Waals surface area contributed by atoms with E-state index in [-0.39, 0.29) is 31.0 Å². The Morgan fingerprint density at radius 2 is 1.04 bits per heavy atom. The lowest BCUT2D eigenvalue weighted by molar-refractivity contribution is -0.191. The van der Waals surface area contributed by atoms with Crippen LogP contribution in [-0.2, 0) is 70.3 Å². The van der Waals surface area contributed by atoms with E-state index in [1.165, 1.54) is 125 Å². The average Bonchev–Trinajstić information content (AvgIpc) is 1.63. The second-order valence-electron chi connectivity index (χ2n) is 23.4. The summed E-state index contributed by atoms with van der Waals surface area (Å²) in [6.45, 7) is 10.7. The average molecular weight is 1570 g/mol. The maximum Gasteiger partial charge on any atom is 0.373 e. The molecule has 0 atom stereocenters. The first kappa shape index (κ1) is 86.9. The standard InChI is InChI=1S/C19H21N3OS.C11H11ClN2S.C11H12N2OS.C10H13NOS.C8H11NO.C6H10O.C4H7N.C2H3N.CO2.Cl3OP.H2S/c1-12-20-18(22(2)13-8-10-14(23-3)11-9-13)17-15-6-4-5-7-16(15)24-19(17)21-12;1-6-13-10(12)9-7-4-2-3-5-8(7)15-11(9)14-6;1-6-12-10(14)9-7-4-2-3-5-8(7)15-11(9)13-6;1-6(12)9-7-4-2-3-5-8(7)13-10(9)11;1-9-7-3-5-8(10-2)6-4-7;7-6-4-2-1-3-5-6;1-2-3-4-5;1-2-3;2-1-3;1-5(2,3)4;/h8-11H,4-7H2,1-3H3;2-5H2,1H3;2-5H2,1H3,(H,12,13,14);2-5,11H2,1H3;3-6,9H,1-2H3;1-5H2;2-3H2,1H3;1H3;;;1H2. The summed E-state index contributed by atoms with van der Waals surface area (Å²) in [4.78, 5) is 86.3. The summed E-state index contributed by atoms with van der Waals surface area (Å²) in [7, 11) is 7.32. The van der Waals surface area contributed by atoms with Gasteiger partial charge < -0.3 is 30.4 Å². The van der Waals surface area contributed by atoms with Crippen molar-refractivity contribution >= 4 is 180 Å². The fraction of sp³-hybridized carbons (Fsp3) is 0.458. The number of carbonyl (C=O) groups is 2. The van der Waals surface area contributed by atoms with Gasteiger partial charge >= 0.3 is 11.4 Å². The number of hydrogen-bond donors (Lipinski definition) is 3. The van der Waals surface area contributed by atoms with E-state index in [4.69, 9.17) is 56.9 Å². The summed E-state index contributed by atoms with van der Waals surface area (Å²) < 4.78 is 19.8. The molecule has 29 heteroatoms. The number of benzene rings is 2. The van der Waals surface area contributed by atoms with E-state index in [0.29, 0.717) is 23.2 Å². The van der Waals surface area contributed by atoms with Crippen molar-refractivity contribution in [3.8, 4) is 23.6 Å². The lowest BCUT2D eigenvalue weighted by Crippen LogP contribution is -2.13. The first-order chi connectivity index (χ1) is 47.9. The molecule has 0 saturated heterocycles. The summed E-state index contributed by atoms with van der Waals surface area (Å²) >= 11 is 27.0. The number of unbranched alkanes of at least 4 members (excludes halogenated alkanes) is 1. The Labute approximate surface area is 634 Å². The number of hydrogen-bond acceptors (Lipinski definition) is 22. The monoisotopic (exact) mass is 1570 g/mol. The maximum absolute atomic E-state index is 11.8. The summed E-state index contributed by atoms with van der Waals surface area (Å²) in [6.07, 6.45) is 26.1. The Morgan fingerprint density at radius 3 is 1.46 bits per heavy atom. The third-order valence-electron chi connectivity index (χ3n) is 16.2. The van der Waals surface area contributed by atoms with Crippen molar-refractivity contribution in [2.75, 3.05) is 44.3 Å². The van der Waals surface area contributed by atoms with Gasteiger partial charge in [-0.05, 0) is 254 Å². The lowest BCUT2D eigenvalue weighted by atomic mass is 9.94. The molecular formula is C72H90Cl4N11O8PS5. The van der Waals surface area contributed by atoms with Crippen molar-refractivity contribution in [2.45, 2.75) is 189 Å². The number of nitrogens with one attached hydrogen (secondary N) is 2. The van der Waals surface area contributed by atoms with E-state index in [2.05, 4.69) is 83.1 Å². The van der Waals surface area contributed by atoms with Gasteiger partial charge in [-0.3, -0.25) is 18.9 Å². The van der Waals surface area contributed by atoms with E-state index < -0.39 is 5.20 Å². The number of aromatic amines is 1. The van der Waals surface area contributed by atoms with Gasteiger partial charge in [0.1, 0.15) is 60.2 Å². The van der Waals surface area contributed by atoms with Gasteiger partial charge in [0.05, 0.1) is 53.1 Å². The van der Waals surface area contributed by atoms with Crippen LogP contribution in [0.1, 0.15) is 187 Å². The summed E-state index contributed by atoms with van der Waals surface area (Å²) in [5, 5.41) is 19.5. The second kappa shape index (κ2) is 44.9. The fourth-order valence-corrected chi connectivity index (χ4v) is 17.2. The summed E-state index contributed by atoms with van der Waals surface area (Å²) in [6, 6.07) is 19.7. The number of carbonyl (C=O) groups excluding carboxylic acids is 4. The smallest absolute Gasteiger partial charge is 0.373 e. The number of H-pyrrole nitrogens is 1. The Kier molecular flexibility index (Phi) is 38.6. The van der Waals surface area contributed by atoms with Crippen LogP contribution in [0.15, 0.2) is 53.3 Å². The number of fused-ring (bicyclic) bond motifs is 10. The number of Topliss-reactive ketones (excluding diaryl/α,β-unsaturated/α-hetero) is 2. The SMILES string of the molecule is CC#N.CC(=O)c1c(N)sc2c1CCCC2.CCCC#N.CNc1ccc(OC)cc1.COc1ccc(N(C)c2nc(C)nc3sc4c(c23)CCCC4)cc1.Cc1nc(Cl)c2c3c(sc2n1)CCCC3.Cc1nc2sc3c(c2c(=O)[nH]1)CCCC3.O=C1CCCCC1.O=C=O.O=P(Cl)(Cl)Cl.S. The zero-order valence-electron chi connectivity index (χ0n) is 58.9. The normalized spacial score (nSPS) is 13.4. The van der Waals surface area contributed by atoms with Crippen LogP contribution in [0.5, 0.6) is 11.5 Å². The summed E-state index contributed by atoms with van der Waals surface area (Å²) in [5.74, 6) is 5.67. The van der Waals surface area contributed by atoms with Crippen LogP contribution in [0.4, 0.5) is 22.2 Å². The minimum Gasteiger partial charge on any atom is -0.497 e. The maximum atomic E-state index is 11.8. The molecule has 7 aromatic heterocycles. The van der Waals surface area contributed by atoms with Crippen molar-refractivity contribution in [3.63, 3.8) is 0 Å². The first-order valence-electron chi connectivity index (χ1n) is 33.1. The van der Waals surface area contributed by atoms with Gasteiger partial charge in [-0.25, -0.2) is 24.9 Å². The zero-order chi connectivity index (χ0) is 73.5. The lowest BCUT2D eigenvalue weighted by Gasteiger charge is -2.21. The van der Waals surface area contributed by atoms with Crippen LogP contribution in [-0.4, -0.2) is 75.9 Å². The highest BCUT2D eigenvalue weighted by Crippen LogP contribution is 2.61. The largest absolute Gasteiger partial charge is 0.497 e. The predicted octanol–water partition coefficient (Wildman–Crippen LogP) is 20.2. The van der Waals surface area contributed by atoms with Crippen molar-refractivity contribution in [2.24, 2.45) is 0 Å². The van der Waals surface area contributed by atoms with E-state index in [1.807, 2.05) is 88.5 Å². The van der Waals surface area contributed by atoms with E-state index >= 15 is 0 Å². The van der Waals surface area contributed by atoms with Gasteiger partial charge in [-0.15, -0.1) is 45.3 Å². The number of ether oxygens (including phenoxy) is 2. The molecule has 544 valence electrons. The molecular weight excluding hydrogens is 1480 g/mol. The van der Waals surface area contributed by atoms with Gasteiger partial charge in [0, 0.05) is 71.2 Å². The Bertz CT molecular complexity index is 4350. The number of ketones is 2. The number of aromatic nitrogens is 6. The number of thiophene rings is 4. The van der Waals surface area contributed by atoms with E-state index in [0.717, 1.165) is 147 Å². The zero-order valence-corrected chi connectivity index (χ0v) is 67.1. The predicted molar refractivity (Wildman–Crippen MR) is 424 cm³/mol. The number of halogens is 4. The highest BCUT2D eigenvalue weighted by molar-refractivity contribution is 8.24. The quantitative estimate of drug-likeness (QED) is 0.0759. The van der Waals surface area contributed by atoms with E-state index in [1.54, 1.807) is 61.2 Å². The molecule has 0 bridgehead atoms. The molecule has 101 heavy (non-hydrogen) atoms. The second-order valence-corrected chi connectivity index (χ2v) is 34.8. The molecule has 19 nitrogen and oxygen atoms in total. The van der Waals surface area contributed by atoms with E-state index in [9.17, 15) is 18.9 Å². The molecule has 9 aromatic rings.